The van der Waals surface area contributed by atoms with Crippen molar-refractivity contribution in [3.05, 3.63) is 74.4 Å². The third kappa shape index (κ3) is 4.24. The standard InChI is InChI=1S/C21H16N2O7S/c1-2-28-21(25)18-19(24)17(10-12-3-8-15-16(9-12)30-11-29-15)31-20(18)22-13-4-6-14(7-5-13)23(26)27/h3-10,24H,2,11H2,1H3. The molecule has 0 aliphatic carbocycles. The molecule has 2 heterocycles. The van der Waals surface area contributed by atoms with Gasteiger partial charge in [-0.3, -0.25) is 10.1 Å². The van der Waals surface area contributed by atoms with E-state index in [1.165, 1.54) is 24.3 Å². The predicted molar refractivity (Wildman–Crippen MR) is 115 cm³/mol. The van der Waals surface area contributed by atoms with Crippen LogP contribution in [-0.2, 0) is 9.53 Å². The molecule has 158 valence electrons. The Balaban J connectivity index is 1.70. The van der Waals surface area contributed by atoms with E-state index in [1.54, 1.807) is 31.2 Å². The van der Waals surface area contributed by atoms with Crippen LogP contribution in [0.1, 0.15) is 12.5 Å². The van der Waals surface area contributed by atoms with Gasteiger partial charge in [0.1, 0.15) is 16.4 Å². The number of benzene rings is 2. The topological polar surface area (TPSA) is 120 Å². The van der Waals surface area contributed by atoms with E-state index in [0.29, 0.717) is 22.1 Å². The lowest BCUT2D eigenvalue weighted by Gasteiger charge is -2.03. The van der Waals surface area contributed by atoms with E-state index in [0.717, 1.165) is 17.3 Å². The Bertz CT molecular complexity index is 1150. The maximum atomic E-state index is 12.5. The molecule has 2 aliphatic heterocycles. The number of esters is 1. The molecule has 0 radical (unpaired) electrons. The number of aliphatic hydroxyl groups is 1. The molecule has 0 aromatic heterocycles. The molecule has 4 rings (SSSR count). The van der Waals surface area contributed by atoms with Gasteiger partial charge in [0.15, 0.2) is 11.5 Å². The number of aliphatic imine (C=N–C) groups is 1. The van der Waals surface area contributed by atoms with Gasteiger partial charge in [-0.25, -0.2) is 9.79 Å². The van der Waals surface area contributed by atoms with Crippen LogP contribution < -0.4 is 9.47 Å². The Morgan fingerprint density at radius 1 is 1.26 bits per heavy atom. The highest BCUT2D eigenvalue weighted by Crippen LogP contribution is 2.41. The number of nitrogens with zero attached hydrogens (tertiary/aromatic N) is 2. The highest BCUT2D eigenvalue weighted by Gasteiger charge is 2.33. The van der Waals surface area contributed by atoms with E-state index in [1.807, 2.05) is 0 Å². The second kappa shape index (κ2) is 8.52. The molecular formula is C21H16N2O7S. The second-order valence-corrected chi connectivity index (χ2v) is 7.39. The summed E-state index contributed by atoms with van der Waals surface area (Å²) >= 11 is 1.09. The van der Waals surface area contributed by atoms with Gasteiger partial charge in [0.2, 0.25) is 6.79 Å². The van der Waals surface area contributed by atoms with Crippen LogP contribution >= 0.6 is 11.8 Å². The number of non-ortho nitro benzene ring substituents is 1. The van der Waals surface area contributed by atoms with Crippen LogP contribution in [0.15, 0.2) is 63.7 Å². The average molecular weight is 440 g/mol. The Morgan fingerprint density at radius 2 is 2.00 bits per heavy atom. The highest BCUT2D eigenvalue weighted by atomic mass is 32.2. The number of hydrogen-bond donors (Lipinski definition) is 1. The van der Waals surface area contributed by atoms with Gasteiger partial charge >= 0.3 is 5.97 Å². The Kier molecular flexibility index (Phi) is 5.63. The number of carbonyl (C=O) groups excluding carboxylic acids is 1. The first-order chi connectivity index (χ1) is 15.0. The first-order valence-corrected chi connectivity index (χ1v) is 10.0. The van der Waals surface area contributed by atoms with Crippen LogP contribution in [0.3, 0.4) is 0 Å². The molecule has 0 saturated carbocycles. The molecule has 0 atom stereocenters. The Morgan fingerprint density at radius 3 is 2.71 bits per heavy atom. The first kappa shape index (κ1) is 20.5. The minimum Gasteiger partial charge on any atom is -0.506 e. The number of thioether (sulfide) groups is 1. The lowest BCUT2D eigenvalue weighted by molar-refractivity contribution is -0.384. The van der Waals surface area contributed by atoms with Crippen molar-refractivity contribution in [3.8, 4) is 11.5 Å². The molecule has 2 aromatic rings. The van der Waals surface area contributed by atoms with Crippen molar-refractivity contribution in [2.75, 3.05) is 13.4 Å². The third-order valence-electron chi connectivity index (χ3n) is 4.36. The molecule has 0 spiro atoms. The van der Waals surface area contributed by atoms with Crippen molar-refractivity contribution in [1.29, 1.82) is 0 Å². The van der Waals surface area contributed by atoms with Crippen LogP contribution in [0.2, 0.25) is 0 Å². The van der Waals surface area contributed by atoms with E-state index >= 15 is 0 Å². The molecule has 1 N–H and O–H groups in total. The van der Waals surface area contributed by atoms with E-state index < -0.39 is 10.9 Å². The van der Waals surface area contributed by atoms with Crippen LogP contribution in [0.5, 0.6) is 11.5 Å². The summed E-state index contributed by atoms with van der Waals surface area (Å²) in [4.78, 5) is 27.6. The SMILES string of the molecule is CCOC(=O)C1=C(O)C(=Cc2ccc3c(c2)OCO3)SC1=Nc1ccc([N+](=O)[O-])cc1. The molecule has 0 unspecified atom stereocenters. The maximum absolute atomic E-state index is 12.5. The number of fused-ring (bicyclic) bond motifs is 1. The molecule has 0 bridgehead atoms. The zero-order valence-corrected chi connectivity index (χ0v) is 17.0. The lowest BCUT2D eigenvalue weighted by atomic mass is 10.1. The van der Waals surface area contributed by atoms with E-state index in [4.69, 9.17) is 14.2 Å². The predicted octanol–water partition coefficient (Wildman–Crippen LogP) is 4.52. The largest absolute Gasteiger partial charge is 0.506 e. The quantitative estimate of drug-likeness (QED) is 0.409. The van der Waals surface area contributed by atoms with Gasteiger partial charge in [-0.1, -0.05) is 17.8 Å². The average Bonchev–Trinajstić information content (AvgIpc) is 3.33. The van der Waals surface area contributed by atoms with E-state index in [-0.39, 0.29) is 35.5 Å². The molecule has 10 heteroatoms. The van der Waals surface area contributed by atoms with Gasteiger partial charge in [-0.2, -0.15) is 0 Å². The minimum atomic E-state index is -0.706. The maximum Gasteiger partial charge on any atom is 0.344 e. The van der Waals surface area contributed by atoms with Gasteiger partial charge < -0.3 is 19.3 Å². The molecule has 2 aliphatic rings. The van der Waals surface area contributed by atoms with Crippen molar-refractivity contribution in [2.24, 2.45) is 4.99 Å². The molecular weight excluding hydrogens is 424 g/mol. The Labute approximate surface area is 180 Å². The van der Waals surface area contributed by atoms with Gasteiger partial charge in [0, 0.05) is 12.1 Å². The minimum absolute atomic E-state index is 0.0582. The molecule has 9 nitrogen and oxygen atoms in total. The number of nitro groups is 1. The summed E-state index contributed by atoms with van der Waals surface area (Å²) in [6.45, 7) is 1.94. The fourth-order valence-electron chi connectivity index (χ4n) is 2.91. The number of ether oxygens (including phenoxy) is 3. The smallest absolute Gasteiger partial charge is 0.344 e. The molecule has 0 saturated heterocycles. The summed E-state index contributed by atoms with van der Waals surface area (Å²) in [6.07, 6.45) is 1.69. The Hall–Kier alpha value is -3.79. The molecule has 2 aromatic carbocycles. The third-order valence-corrected chi connectivity index (χ3v) is 5.38. The fraction of sp³-hybridized carbons (Fsp3) is 0.143. The molecule has 0 amide bonds. The summed E-state index contributed by atoms with van der Waals surface area (Å²) in [7, 11) is 0. The van der Waals surface area contributed by atoms with Gasteiger partial charge in [0.05, 0.1) is 22.1 Å². The van der Waals surface area contributed by atoms with E-state index in [2.05, 4.69) is 4.99 Å². The van der Waals surface area contributed by atoms with Gasteiger partial charge in [0.25, 0.3) is 5.69 Å². The van der Waals surface area contributed by atoms with Crippen molar-refractivity contribution in [3.63, 3.8) is 0 Å². The van der Waals surface area contributed by atoms with Crippen LogP contribution in [0, 0.1) is 10.1 Å². The second-order valence-electron chi connectivity index (χ2n) is 6.36. The van der Waals surface area contributed by atoms with Crippen molar-refractivity contribution < 1.29 is 29.0 Å². The van der Waals surface area contributed by atoms with Gasteiger partial charge in [-0.15, -0.1) is 0 Å². The number of nitro benzene ring substituents is 1. The molecule has 0 fully saturated rings. The number of hydrogen-bond acceptors (Lipinski definition) is 9. The van der Waals surface area contributed by atoms with Crippen LogP contribution in [0.25, 0.3) is 6.08 Å². The van der Waals surface area contributed by atoms with Crippen LogP contribution in [-0.4, -0.2) is 34.4 Å². The van der Waals surface area contributed by atoms with Gasteiger partial charge in [-0.05, 0) is 42.8 Å². The van der Waals surface area contributed by atoms with Crippen LogP contribution in [0.4, 0.5) is 11.4 Å². The number of aliphatic hydroxyl groups excluding tert-OH is 1. The summed E-state index contributed by atoms with van der Waals surface area (Å²) in [5, 5.41) is 21.8. The number of rotatable bonds is 5. The monoisotopic (exact) mass is 440 g/mol. The van der Waals surface area contributed by atoms with Crippen molar-refractivity contribution in [2.45, 2.75) is 6.92 Å². The normalized spacial score (nSPS) is 17.5. The summed E-state index contributed by atoms with van der Waals surface area (Å²) < 4.78 is 15.7. The number of carbonyl (C=O) groups is 1. The lowest BCUT2D eigenvalue weighted by Crippen LogP contribution is -2.12. The first-order valence-electron chi connectivity index (χ1n) is 9.19. The van der Waals surface area contributed by atoms with Crippen molar-refractivity contribution >= 4 is 40.2 Å². The summed E-state index contributed by atoms with van der Waals surface area (Å²) in [5.74, 6) is 0.267. The summed E-state index contributed by atoms with van der Waals surface area (Å²) in [5.41, 5.74) is 0.998. The zero-order chi connectivity index (χ0) is 22.0. The van der Waals surface area contributed by atoms with Crippen molar-refractivity contribution in [1.82, 2.24) is 0 Å². The molecule has 31 heavy (non-hydrogen) atoms. The zero-order valence-electron chi connectivity index (χ0n) is 16.2. The summed E-state index contributed by atoms with van der Waals surface area (Å²) in [6, 6.07) is 10.9. The fourth-order valence-corrected chi connectivity index (χ4v) is 3.95. The highest BCUT2D eigenvalue weighted by molar-refractivity contribution is 8.18. The van der Waals surface area contributed by atoms with E-state index in [9.17, 15) is 20.0 Å².